The lowest BCUT2D eigenvalue weighted by atomic mass is 9.99. The quantitative estimate of drug-likeness (QED) is 0.203. The molecule has 11 aromatic rings. The summed E-state index contributed by atoms with van der Waals surface area (Å²) in [7, 11) is 0. The van der Waals surface area contributed by atoms with Crippen LogP contribution in [-0.2, 0) is 0 Å². The van der Waals surface area contributed by atoms with Crippen LogP contribution in [0.3, 0.4) is 0 Å². The van der Waals surface area contributed by atoms with E-state index in [2.05, 4.69) is 136 Å². The maximum atomic E-state index is 5.38. The Morgan fingerprint density at radius 3 is 1.93 bits per heavy atom. The third kappa shape index (κ3) is 2.98. The van der Waals surface area contributed by atoms with E-state index < -0.39 is 0 Å². The van der Waals surface area contributed by atoms with E-state index >= 15 is 0 Å². The summed E-state index contributed by atoms with van der Waals surface area (Å²) in [5.74, 6) is 1.61. The smallest absolute Gasteiger partial charge is 0.162 e. The van der Waals surface area contributed by atoms with Gasteiger partial charge in [0.25, 0.3) is 0 Å². The van der Waals surface area contributed by atoms with Crippen LogP contribution >= 0.6 is 0 Å². The molecule has 0 atom stereocenters. The van der Waals surface area contributed by atoms with E-state index in [9.17, 15) is 0 Å². The van der Waals surface area contributed by atoms with Crippen molar-refractivity contribution in [1.29, 1.82) is 0 Å². The second-order valence-electron chi connectivity index (χ2n) is 12.2. The molecule has 0 aliphatic carbocycles. The molecular weight excluding hydrogens is 560 g/mol. The summed E-state index contributed by atoms with van der Waals surface area (Å²) in [6, 6.07) is 52.1. The molecule has 0 aliphatic heterocycles. The van der Waals surface area contributed by atoms with Gasteiger partial charge in [-0.15, -0.1) is 0 Å². The average molecular weight is 585 g/mol. The zero-order valence-electron chi connectivity index (χ0n) is 24.6. The van der Waals surface area contributed by atoms with Crippen molar-refractivity contribution in [3.63, 3.8) is 0 Å². The molecule has 0 aliphatic rings. The molecule has 4 heterocycles. The Labute approximate surface area is 262 Å². The standard InChI is InChI=1S/C42H24N4/c1-2-13-26(14-3-1)41-43-32-19-9-6-17-29(32)42(44-41)46-35-23-22-25-12-4-5-15-27(25)37(35)39-36(46)24-31-28-16-7-10-20-33(28)45-34-21-11-8-18-30(34)38(39)40(31)45/h1-24H. The number of hydrogen-bond donors (Lipinski definition) is 0. The highest BCUT2D eigenvalue weighted by Crippen LogP contribution is 2.48. The monoisotopic (exact) mass is 584 g/mol. The summed E-state index contributed by atoms with van der Waals surface area (Å²) in [4.78, 5) is 10.4. The second-order valence-corrected chi connectivity index (χ2v) is 12.2. The molecule has 0 unspecified atom stereocenters. The summed E-state index contributed by atoms with van der Waals surface area (Å²) < 4.78 is 4.87. The molecule has 46 heavy (non-hydrogen) atoms. The molecular formula is C42H24N4. The van der Waals surface area contributed by atoms with Crippen LogP contribution in [0.5, 0.6) is 0 Å². The number of rotatable bonds is 2. The van der Waals surface area contributed by atoms with Gasteiger partial charge in [-0.1, -0.05) is 109 Å². The van der Waals surface area contributed by atoms with E-state index in [1.807, 2.05) is 18.2 Å². The number of fused-ring (bicyclic) bond motifs is 13. The summed E-state index contributed by atoms with van der Waals surface area (Å²) in [5.41, 5.74) is 7.96. The molecule has 0 fully saturated rings. The third-order valence-corrected chi connectivity index (χ3v) is 9.82. The Bertz CT molecular complexity index is 3020. The van der Waals surface area contributed by atoms with Gasteiger partial charge in [0.15, 0.2) is 5.82 Å². The largest absolute Gasteiger partial charge is 0.308 e. The van der Waals surface area contributed by atoms with E-state index in [1.165, 1.54) is 59.6 Å². The van der Waals surface area contributed by atoms with Gasteiger partial charge >= 0.3 is 0 Å². The molecule has 4 heteroatoms. The predicted octanol–water partition coefficient (Wildman–Crippen LogP) is 10.7. The first kappa shape index (κ1) is 24.1. The average Bonchev–Trinajstić information content (AvgIpc) is 3.76. The first-order valence-corrected chi connectivity index (χ1v) is 15.7. The highest BCUT2D eigenvalue weighted by molar-refractivity contribution is 6.38. The van der Waals surface area contributed by atoms with Crippen molar-refractivity contribution in [2.24, 2.45) is 0 Å². The SMILES string of the molecule is c1ccc(-c2nc(-n3c4ccc5ccccc5c4c4c5c6ccccc6n6c7ccccc7c(cc43)c56)c3ccccc3n2)cc1. The number of benzene rings is 7. The summed E-state index contributed by atoms with van der Waals surface area (Å²) in [6.07, 6.45) is 0. The normalized spacial score (nSPS) is 12.3. The maximum absolute atomic E-state index is 5.38. The molecule has 7 aromatic carbocycles. The lowest BCUT2D eigenvalue weighted by molar-refractivity contribution is 1.08. The van der Waals surface area contributed by atoms with Crippen LogP contribution in [0.15, 0.2) is 146 Å². The first-order chi connectivity index (χ1) is 22.8. The van der Waals surface area contributed by atoms with E-state index in [4.69, 9.17) is 9.97 Å². The van der Waals surface area contributed by atoms with Crippen LogP contribution in [0.1, 0.15) is 0 Å². The minimum atomic E-state index is 0.720. The zero-order chi connectivity index (χ0) is 29.9. The molecule has 0 amide bonds. The minimum Gasteiger partial charge on any atom is -0.308 e. The molecule has 0 saturated heterocycles. The highest BCUT2D eigenvalue weighted by Gasteiger charge is 2.26. The Hall–Kier alpha value is -6.26. The Morgan fingerprint density at radius 1 is 0.413 bits per heavy atom. The second kappa shape index (κ2) is 8.68. The van der Waals surface area contributed by atoms with Gasteiger partial charge in [0.05, 0.1) is 33.1 Å². The van der Waals surface area contributed by atoms with E-state index in [-0.39, 0.29) is 0 Å². The summed E-state index contributed by atoms with van der Waals surface area (Å²) >= 11 is 0. The predicted molar refractivity (Wildman–Crippen MR) is 191 cm³/mol. The lowest BCUT2D eigenvalue weighted by Gasteiger charge is -2.13. The Balaban J connectivity index is 1.45. The molecule has 4 nitrogen and oxygen atoms in total. The van der Waals surface area contributed by atoms with Gasteiger partial charge in [0.2, 0.25) is 0 Å². The van der Waals surface area contributed by atoms with Crippen LogP contribution in [0.25, 0.3) is 98.8 Å². The van der Waals surface area contributed by atoms with Gasteiger partial charge in [-0.05, 0) is 47.2 Å². The van der Waals surface area contributed by atoms with Crippen LogP contribution < -0.4 is 0 Å². The molecule has 0 saturated carbocycles. The molecule has 0 N–H and O–H groups in total. The van der Waals surface area contributed by atoms with Gasteiger partial charge in [0, 0.05) is 43.3 Å². The number of hydrogen-bond acceptors (Lipinski definition) is 2. The zero-order valence-corrected chi connectivity index (χ0v) is 24.6. The van der Waals surface area contributed by atoms with Crippen molar-refractivity contribution in [1.82, 2.24) is 18.9 Å². The van der Waals surface area contributed by atoms with Crippen molar-refractivity contribution in [2.75, 3.05) is 0 Å². The van der Waals surface area contributed by atoms with Crippen LogP contribution in [-0.4, -0.2) is 18.9 Å². The van der Waals surface area contributed by atoms with Crippen LogP contribution in [0.4, 0.5) is 0 Å². The van der Waals surface area contributed by atoms with Gasteiger partial charge in [0.1, 0.15) is 5.82 Å². The van der Waals surface area contributed by atoms with Gasteiger partial charge in [-0.25, -0.2) is 9.97 Å². The number of aromatic nitrogens is 4. The Morgan fingerprint density at radius 2 is 1.09 bits per heavy atom. The molecule has 0 radical (unpaired) electrons. The maximum Gasteiger partial charge on any atom is 0.162 e. The molecule has 212 valence electrons. The fourth-order valence-corrected chi connectivity index (χ4v) is 7.95. The first-order valence-electron chi connectivity index (χ1n) is 15.7. The van der Waals surface area contributed by atoms with Crippen LogP contribution in [0, 0.1) is 0 Å². The van der Waals surface area contributed by atoms with Crippen molar-refractivity contribution >= 4 is 81.6 Å². The van der Waals surface area contributed by atoms with Gasteiger partial charge in [-0.2, -0.15) is 0 Å². The van der Waals surface area contributed by atoms with Crippen molar-refractivity contribution < 1.29 is 0 Å². The van der Waals surface area contributed by atoms with Gasteiger partial charge in [-0.3, -0.25) is 4.57 Å². The minimum absolute atomic E-state index is 0.720. The van der Waals surface area contributed by atoms with Crippen molar-refractivity contribution in [3.05, 3.63) is 146 Å². The topological polar surface area (TPSA) is 35.1 Å². The molecule has 0 bridgehead atoms. The lowest BCUT2D eigenvalue weighted by Crippen LogP contribution is -2.02. The Kier molecular flexibility index (Phi) is 4.55. The third-order valence-electron chi connectivity index (χ3n) is 9.82. The van der Waals surface area contributed by atoms with E-state index in [0.29, 0.717) is 0 Å². The fraction of sp³-hybridized carbons (Fsp3) is 0. The molecule has 0 spiro atoms. The number of nitrogens with zero attached hydrogens (tertiary/aromatic N) is 4. The summed E-state index contributed by atoms with van der Waals surface area (Å²) in [6.45, 7) is 0. The number of para-hydroxylation sites is 3. The van der Waals surface area contributed by atoms with Crippen LogP contribution in [0.2, 0.25) is 0 Å². The summed E-state index contributed by atoms with van der Waals surface area (Å²) in [5, 5.41) is 11.1. The highest BCUT2D eigenvalue weighted by atomic mass is 15.1. The van der Waals surface area contributed by atoms with Gasteiger partial charge < -0.3 is 4.40 Å². The van der Waals surface area contributed by atoms with E-state index in [1.54, 1.807) is 0 Å². The van der Waals surface area contributed by atoms with Crippen molar-refractivity contribution in [3.8, 4) is 17.2 Å². The molecule has 11 rings (SSSR count). The van der Waals surface area contributed by atoms with E-state index in [0.717, 1.165) is 39.1 Å². The molecule has 4 aromatic heterocycles. The fourth-order valence-electron chi connectivity index (χ4n) is 7.95. The van der Waals surface area contributed by atoms with Crippen molar-refractivity contribution in [2.45, 2.75) is 0 Å².